The molecule has 0 aromatic heterocycles. The van der Waals surface area contributed by atoms with Crippen molar-refractivity contribution in [1.82, 2.24) is 4.90 Å². The van der Waals surface area contributed by atoms with E-state index < -0.39 is 10.1 Å². The Morgan fingerprint density at radius 3 is 2.54 bits per heavy atom. The minimum Gasteiger partial charge on any atom is -0.347 e. The fraction of sp³-hybridized carbons (Fsp3) is 0.385. The summed E-state index contributed by atoms with van der Waals surface area (Å²) >= 11 is 6.75. The normalized spacial score (nSPS) is 18.5. The predicted molar refractivity (Wildman–Crippen MR) is 150 cm³/mol. The van der Waals surface area contributed by atoms with Gasteiger partial charge in [0.25, 0.3) is 16.0 Å². The zero-order chi connectivity index (χ0) is 25.3. The molecule has 0 saturated carbocycles. The summed E-state index contributed by atoms with van der Waals surface area (Å²) < 4.78 is 31.4. The van der Waals surface area contributed by atoms with Gasteiger partial charge in [-0.25, -0.2) is 0 Å². The number of unbranched alkanes of at least 4 members (excludes halogenated alkanes) is 4. The number of anilines is 1. The van der Waals surface area contributed by atoms with Gasteiger partial charge in [-0.05, 0) is 43.1 Å². The number of hydrogen-bond donors (Lipinski definition) is 1. The molecule has 1 aromatic carbocycles. The molecule has 0 bridgehead atoms. The fourth-order valence-electron chi connectivity index (χ4n) is 3.92. The highest BCUT2D eigenvalue weighted by molar-refractivity contribution is 8.26. The zero-order valence-corrected chi connectivity index (χ0v) is 22.4. The highest BCUT2D eigenvalue weighted by Gasteiger charge is 2.30. The predicted octanol–water partition coefficient (Wildman–Crippen LogP) is 5.95. The van der Waals surface area contributed by atoms with Crippen LogP contribution < -0.4 is 4.90 Å². The Morgan fingerprint density at radius 2 is 1.77 bits per heavy atom. The summed E-state index contributed by atoms with van der Waals surface area (Å²) in [5.41, 5.74) is 3.17. The molecular formula is C26H32N2O4S3. The number of allylic oxidation sites excluding steroid dienone is 6. The molecule has 3 rings (SSSR count). The first-order valence-electron chi connectivity index (χ1n) is 11.9. The van der Waals surface area contributed by atoms with Crippen LogP contribution in [0.25, 0.3) is 5.57 Å². The molecule has 0 spiro atoms. The zero-order valence-electron chi connectivity index (χ0n) is 19.9. The van der Waals surface area contributed by atoms with Crippen molar-refractivity contribution in [1.29, 1.82) is 0 Å². The molecule has 0 radical (unpaired) electrons. The van der Waals surface area contributed by atoms with E-state index in [1.807, 2.05) is 60.8 Å². The van der Waals surface area contributed by atoms with Gasteiger partial charge in [0.1, 0.15) is 4.32 Å². The van der Waals surface area contributed by atoms with Gasteiger partial charge >= 0.3 is 0 Å². The fourth-order valence-corrected chi connectivity index (χ4v) is 5.75. The van der Waals surface area contributed by atoms with Crippen molar-refractivity contribution < 1.29 is 17.8 Å². The SMILES string of the molecule is CCCCCCN1C(=O)\C(=C/C=C/C=C2\C=CN(CCCCS(=O)(=O)O)c3ccccc32)SC1=S. The number of fused-ring (bicyclic) bond motifs is 1. The first-order valence-corrected chi connectivity index (χ1v) is 14.8. The molecule has 2 heterocycles. The molecule has 1 amide bonds. The molecule has 0 atom stereocenters. The first-order chi connectivity index (χ1) is 16.8. The average molecular weight is 533 g/mol. The second kappa shape index (κ2) is 13.2. The maximum atomic E-state index is 12.7. The number of benzene rings is 1. The van der Waals surface area contributed by atoms with Crippen LogP contribution in [-0.4, -0.2) is 46.9 Å². The number of para-hydroxylation sites is 1. The maximum absolute atomic E-state index is 12.7. The van der Waals surface area contributed by atoms with Crippen molar-refractivity contribution in [3.63, 3.8) is 0 Å². The number of carbonyl (C=O) groups is 1. The topological polar surface area (TPSA) is 77.9 Å². The Morgan fingerprint density at radius 1 is 1.03 bits per heavy atom. The molecule has 2 aliphatic heterocycles. The highest BCUT2D eigenvalue weighted by Crippen LogP contribution is 2.33. The average Bonchev–Trinajstić information content (AvgIpc) is 3.09. The van der Waals surface area contributed by atoms with E-state index in [1.165, 1.54) is 18.2 Å². The molecule has 1 fully saturated rings. The molecule has 1 N–H and O–H groups in total. The van der Waals surface area contributed by atoms with E-state index in [0.717, 1.165) is 36.1 Å². The Labute approximate surface area is 218 Å². The van der Waals surface area contributed by atoms with Crippen molar-refractivity contribution in [3.05, 3.63) is 71.3 Å². The van der Waals surface area contributed by atoms with E-state index in [-0.39, 0.29) is 11.7 Å². The Balaban J connectivity index is 1.62. The minimum absolute atomic E-state index is 0.0126. The summed E-state index contributed by atoms with van der Waals surface area (Å²) in [6, 6.07) is 8.04. The minimum atomic E-state index is -3.92. The molecule has 0 unspecified atom stereocenters. The lowest BCUT2D eigenvalue weighted by atomic mass is 9.99. The third-order valence-electron chi connectivity index (χ3n) is 5.75. The van der Waals surface area contributed by atoms with Crippen LogP contribution in [0.5, 0.6) is 0 Å². The Bertz CT molecular complexity index is 1150. The van der Waals surface area contributed by atoms with Crippen LogP contribution in [0.2, 0.25) is 0 Å². The summed E-state index contributed by atoms with van der Waals surface area (Å²) in [6.07, 6.45) is 17.1. The van der Waals surface area contributed by atoms with Crippen LogP contribution in [-0.2, 0) is 14.9 Å². The summed E-state index contributed by atoms with van der Waals surface area (Å²) in [5, 5.41) is 0. The number of carbonyl (C=O) groups excluding carboxylic acids is 1. The van der Waals surface area contributed by atoms with E-state index in [0.29, 0.717) is 35.2 Å². The number of thioether (sulfide) groups is 1. The maximum Gasteiger partial charge on any atom is 0.266 e. The summed E-state index contributed by atoms with van der Waals surface area (Å²) in [6.45, 7) is 3.51. The number of amides is 1. The van der Waals surface area contributed by atoms with Crippen LogP contribution in [0.1, 0.15) is 51.0 Å². The Hall–Kier alpha value is -2.20. The molecule has 0 aliphatic carbocycles. The summed E-state index contributed by atoms with van der Waals surface area (Å²) in [5.74, 6) is -0.235. The number of nitrogens with zero attached hydrogens (tertiary/aromatic N) is 2. The van der Waals surface area contributed by atoms with E-state index >= 15 is 0 Å². The van der Waals surface area contributed by atoms with Gasteiger partial charge in [-0.15, -0.1) is 0 Å². The van der Waals surface area contributed by atoms with Crippen LogP contribution in [0.15, 0.2) is 65.8 Å². The lowest BCUT2D eigenvalue weighted by molar-refractivity contribution is -0.122. The first kappa shape index (κ1) is 27.4. The quantitative estimate of drug-likeness (QED) is 0.154. The van der Waals surface area contributed by atoms with Gasteiger partial charge in [-0.2, -0.15) is 8.42 Å². The van der Waals surface area contributed by atoms with Gasteiger partial charge in [-0.3, -0.25) is 14.2 Å². The van der Waals surface area contributed by atoms with Crippen LogP contribution in [0.4, 0.5) is 5.69 Å². The molecule has 188 valence electrons. The lowest BCUT2D eigenvalue weighted by Crippen LogP contribution is -2.28. The van der Waals surface area contributed by atoms with Crippen LogP contribution in [0.3, 0.4) is 0 Å². The third kappa shape index (κ3) is 8.17. The van der Waals surface area contributed by atoms with Crippen molar-refractivity contribution in [3.8, 4) is 0 Å². The smallest absolute Gasteiger partial charge is 0.266 e. The second-order valence-corrected chi connectivity index (χ2v) is 11.7. The van der Waals surface area contributed by atoms with Crippen molar-refractivity contribution in [2.45, 2.75) is 45.4 Å². The van der Waals surface area contributed by atoms with E-state index in [1.54, 1.807) is 4.90 Å². The second-order valence-electron chi connectivity index (χ2n) is 8.44. The van der Waals surface area contributed by atoms with Gasteiger partial charge in [-0.1, -0.05) is 86.6 Å². The van der Waals surface area contributed by atoms with Gasteiger partial charge in [0.05, 0.1) is 10.7 Å². The standard InChI is InChI=1S/C26H32N2O4S3/c1-2-3-4-9-18-28-25(29)24(34-26(28)33)15-8-5-12-21-16-19-27(17-10-11-20-35(30,31)32)23-14-7-6-13-22(21)23/h5-8,12-16,19H,2-4,9-11,17-18,20H2,1H3,(H,30,31,32)/b8-5+,21-12+,24-15+. The summed E-state index contributed by atoms with van der Waals surface area (Å²) in [4.78, 5) is 17.1. The van der Waals surface area contributed by atoms with E-state index in [2.05, 4.69) is 11.8 Å². The molecule has 2 aliphatic rings. The number of thiocarbonyl (C=S) groups is 1. The van der Waals surface area contributed by atoms with Crippen molar-refractivity contribution >= 4 is 55.6 Å². The van der Waals surface area contributed by atoms with Crippen LogP contribution >= 0.6 is 24.0 Å². The van der Waals surface area contributed by atoms with Gasteiger partial charge in [0, 0.05) is 30.5 Å². The van der Waals surface area contributed by atoms with Gasteiger partial charge < -0.3 is 4.90 Å². The Kier molecular flexibility index (Phi) is 10.3. The van der Waals surface area contributed by atoms with Gasteiger partial charge in [0.15, 0.2) is 0 Å². The van der Waals surface area contributed by atoms with Crippen molar-refractivity contribution in [2.75, 3.05) is 23.7 Å². The van der Waals surface area contributed by atoms with Gasteiger partial charge in [0.2, 0.25) is 0 Å². The lowest BCUT2D eigenvalue weighted by Gasteiger charge is -2.27. The van der Waals surface area contributed by atoms with Crippen molar-refractivity contribution in [2.24, 2.45) is 0 Å². The molecule has 1 saturated heterocycles. The summed E-state index contributed by atoms with van der Waals surface area (Å²) in [7, 11) is -3.92. The number of rotatable bonds is 12. The third-order valence-corrected chi connectivity index (χ3v) is 7.95. The molecule has 6 nitrogen and oxygen atoms in total. The largest absolute Gasteiger partial charge is 0.347 e. The molecule has 9 heteroatoms. The highest BCUT2D eigenvalue weighted by atomic mass is 32.2. The van der Waals surface area contributed by atoms with E-state index in [4.69, 9.17) is 16.8 Å². The van der Waals surface area contributed by atoms with Crippen LogP contribution in [0, 0.1) is 0 Å². The molecule has 35 heavy (non-hydrogen) atoms. The molecule has 1 aromatic rings. The van der Waals surface area contributed by atoms with E-state index in [9.17, 15) is 13.2 Å². The molecular weight excluding hydrogens is 500 g/mol. The monoisotopic (exact) mass is 532 g/mol. The number of hydrogen-bond acceptors (Lipinski definition) is 6.